The van der Waals surface area contributed by atoms with Crippen molar-refractivity contribution < 1.29 is 13.9 Å². The van der Waals surface area contributed by atoms with Gasteiger partial charge >= 0.3 is 5.97 Å². The van der Waals surface area contributed by atoms with Crippen molar-refractivity contribution in [3.63, 3.8) is 0 Å². The molecule has 0 aliphatic heterocycles. The lowest BCUT2D eigenvalue weighted by Crippen LogP contribution is -2.09. The van der Waals surface area contributed by atoms with E-state index in [4.69, 9.17) is 9.15 Å². The molecule has 0 atom stereocenters. The zero-order valence-electron chi connectivity index (χ0n) is 13.9. The van der Waals surface area contributed by atoms with E-state index in [1.165, 1.54) is 0 Å². The zero-order valence-corrected chi connectivity index (χ0v) is 13.9. The monoisotopic (exact) mass is 331 g/mol. The van der Waals surface area contributed by atoms with E-state index in [0.717, 1.165) is 11.1 Å². The highest BCUT2D eigenvalue weighted by atomic mass is 16.5. The van der Waals surface area contributed by atoms with Crippen LogP contribution in [0.3, 0.4) is 0 Å². The van der Waals surface area contributed by atoms with Gasteiger partial charge in [0.15, 0.2) is 6.61 Å². The number of aromatic nitrogens is 1. The Labute approximate surface area is 146 Å². The van der Waals surface area contributed by atoms with Crippen molar-refractivity contribution >= 4 is 5.97 Å². The lowest BCUT2D eigenvalue weighted by Gasteiger charge is -1.98. The third-order valence-corrected chi connectivity index (χ3v) is 3.54. The number of rotatable bonds is 4. The Morgan fingerprint density at radius 3 is 2.48 bits per heavy atom. The number of oxazole rings is 1. The first-order chi connectivity index (χ1) is 12.2. The van der Waals surface area contributed by atoms with Crippen LogP contribution >= 0.6 is 0 Å². The van der Waals surface area contributed by atoms with Gasteiger partial charge in [0.2, 0.25) is 5.89 Å². The van der Waals surface area contributed by atoms with Gasteiger partial charge in [0.1, 0.15) is 5.76 Å². The molecule has 0 aliphatic carbocycles. The van der Waals surface area contributed by atoms with Crippen LogP contribution in [-0.2, 0) is 16.0 Å². The number of ether oxygens (including phenoxy) is 1. The van der Waals surface area contributed by atoms with Crippen molar-refractivity contribution in [2.45, 2.75) is 13.3 Å². The molecule has 1 aromatic heterocycles. The number of aryl methyl sites for hydroxylation is 1. The number of carbonyl (C=O) groups excluding carboxylic acids is 1. The second-order valence-corrected chi connectivity index (χ2v) is 5.39. The van der Waals surface area contributed by atoms with E-state index in [0.29, 0.717) is 17.3 Å². The van der Waals surface area contributed by atoms with Gasteiger partial charge in [-0.1, -0.05) is 48.2 Å². The van der Waals surface area contributed by atoms with Gasteiger partial charge in [0.25, 0.3) is 0 Å². The summed E-state index contributed by atoms with van der Waals surface area (Å²) < 4.78 is 10.8. The highest BCUT2D eigenvalue weighted by Crippen LogP contribution is 2.21. The number of esters is 1. The van der Waals surface area contributed by atoms with E-state index in [1.807, 2.05) is 60.7 Å². The number of carbonyl (C=O) groups is 1. The van der Waals surface area contributed by atoms with Crippen LogP contribution in [0.25, 0.3) is 11.5 Å². The summed E-state index contributed by atoms with van der Waals surface area (Å²) in [5, 5.41) is 0. The molecule has 25 heavy (non-hydrogen) atoms. The maximum absolute atomic E-state index is 12.0. The number of nitrogens with zero attached hydrogens (tertiary/aromatic N) is 1. The SMILES string of the molecule is Cc1oc(-c2ccccc2)nc1CC(=O)OCC#Cc1ccccc1. The molecule has 0 aliphatic rings. The van der Waals surface area contributed by atoms with Gasteiger partial charge in [-0.25, -0.2) is 4.98 Å². The van der Waals surface area contributed by atoms with Crippen molar-refractivity contribution in [2.24, 2.45) is 0 Å². The molecule has 0 radical (unpaired) electrons. The molecule has 3 rings (SSSR count). The van der Waals surface area contributed by atoms with E-state index in [9.17, 15) is 4.79 Å². The molecular weight excluding hydrogens is 314 g/mol. The Morgan fingerprint density at radius 2 is 1.76 bits per heavy atom. The standard InChI is InChI=1S/C21H17NO3/c1-16-19(22-21(25-16)18-12-6-3-7-13-18)15-20(23)24-14-8-11-17-9-4-2-5-10-17/h2-7,9-10,12-13H,14-15H2,1H3. The molecule has 0 bridgehead atoms. The van der Waals surface area contributed by atoms with E-state index in [1.54, 1.807) is 6.92 Å². The smallest absolute Gasteiger partial charge is 0.312 e. The third-order valence-electron chi connectivity index (χ3n) is 3.54. The maximum Gasteiger partial charge on any atom is 0.312 e. The molecule has 0 spiro atoms. The first-order valence-corrected chi connectivity index (χ1v) is 7.93. The van der Waals surface area contributed by atoms with Gasteiger partial charge < -0.3 is 9.15 Å². The predicted octanol–water partition coefficient (Wildman–Crippen LogP) is 3.79. The Hall–Kier alpha value is -3.32. The topological polar surface area (TPSA) is 52.3 Å². The highest BCUT2D eigenvalue weighted by Gasteiger charge is 2.15. The third kappa shape index (κ3) is 4.58. The molecule has 0 N–H and O–H groups in total. The second-order valence-electron chi connectivity index (χ2n) is 5.39. The lowest BCUT2D eigenvalue weighted by molar-refractivity contribution is -0.141. The summed E-state index contributed by atoms with van der Waals surface area (Å²) in [7, 11) is 0. The van der Waals surface area contributed by atoms with Crippen molar-refractivity contribution in [3.8, 4) is 23.3 Å². The first kappa shape index (κ1) is 16.5. The van der Waals surface area contributed by atoms with Crippen molar-refractivity contribution in [3.05, 3.63) is 77.7 Å². The fourth-order valence-corrected chi connectivity index (χ4v) is 2.26. The molecule has 0 saturated carbocycles. The molecular formula is C21H17NO3. The van der Waals surface area contributed by atoms with Crippen LogP contribution in [0.2, 0.25) is 0 Å². The summed E-state index contributed by atoms with van der Waals surface area (Å²) in [6.07, 6.45) is 0.0647. The van der Waals surface area contributed by atoms with Crippen LogP contribution in [0.1, 0.15) is 17.0 Å². The Kier molecular flexibility index (Phi) is 5.28. The zero-order chi connectivity index (χ0) is 17.5. The number of hydrogen-bond donors (Lipinski definition) is 0. The summed E-state index contributed by atoms with van der Waals surface area (Å²) in [5.74, 6) is 6.51. The largest absolute Gasteiger partial charge is 0.452 e. The normalized spacial score (nSPS) is 9.96. The minimum atomic E-state index is -0.377. The summed E-state index contributed by atoms with van der Waals surface area (Å²) in [6, 6.07) is 19.1. The molecule has 1 heterocycles. The Balaban J connectivity index is 1.57. The van der Waals surface area contributed by atoms with Crippen molar-refractivity contribution in [2.75, 3.05) is 6.61 Å². The van der Waals surface area contributed by atoms with Gasteiger partial charge in [-0.2, -0.15) is 0 Å². The van der Waals surface area contributed by atoms with Crippen LogP contribution in [-0.4, -0.2) is 17.6 Å². The number of benzene rings is 2. The minimum absolute atomic E-state index is 0.0518. The van der Waals surface area contributed by atoms with E-state index in [2.05, 4.69) is 16.8 Å². The quantitative estimate of drug-likeness (QED) is 0.539. The van der Waals surface area contributed by atoms with Crippen LogP contribution in [0.5, 0.6) is 0 Å². The van der Waals surface area contributed by atoms with Gasteiger partial charge in [-0.05, 0) is 31.2 Å². The summed E-state index contributed by atoms with van der Waals surface area (Å²) in [5.41, 5.74) is 2.34. The molecule has 2 aromatic carbocycles. The first-order valence-electron chi connectivity index (χ1n) is 7.93. The molecule has 0 amide bonds. The van der Waals surface area contributed by atoms with Gasteiger partial charge in [-0.15, -0.1) is 0 Å². The molecule has 0 unspecified atom stereocenters. The molecule has 4 nitrogen and oxygen atoms in total. The van der Waals surface area contributed by atoms with Crippen LogP contribution in [0, 0.1) is 18.8 Å². The average molecular weight is 331 g/mol. The van der Waals surface area contributed by atoms with Gasteiger partial charge in [0, 0.05) is 11.1 Å². The molecule has 3 aromatic rings. The second kappa shape index (κ2) is 7.98. The minimum Gasteiger partial charge on any atom is -0.452 e. The molecule has 4 heteroatoms. The fourth-order valence-electron chi connectivity index (χ4n) is 2.26. The van der Waals surface area contributed by atoms with E-state index >= 15 is 0 Å². The summed E-state index contributed by atoms with van der Waals surface area (Å²) in [4.78, 5) is 16.3. The average Bonchev–Trinajstić information content (AvgIpc) is 3.01. The van der Waals surface area contributed by atoms with Crippen molar-refractivity contribution in [1.29, 1.82) is 0 Å². The van der Waals surface area contributed by atoms with Crippen LogP contribution < -0.4 is 0 Å². The van der Waals surface area contributed by atoms with Gasteiger partial charge in [0.05, 0.1) is 12.1 Å². The summed E-state index contributed by atoms with van der Waals surface area (Å²) >= 11 is 0. The van der Waals surface area contributed by atoms with E-state index < -0.39 is 0 Å². The number of hydrogen-bond acceptors (Lipinski definition) is 4. The predicted molar refractivity (Wildman–Crippen MR) is 94.7 cm³/mol. The molecule has 0 fully saturated rings. The maximum atomic E-state index is 12.0. The molecule has 0 saturated heterocycles. The fraction of sp³-hybridized carbons (Fsp3) is 0.143. The lowest BCUT2D eigenvalue weighted by atomic mass is 10.2. The van der Waals surface area contributed by atoms with Crippen LogP contribution in [0.15, 0.2) is 65.1 Å². The van der Waals surface area contributed by atoms with Crippen molar-refractivity contribution in [1.82, 2.24) is 4.98 Å². The van der Waals surface area contributed by atoms with E-state index in [-0.39, 0.29) is 19.0 Å². The Bertz CT molecular complexity index is 903. The molecule has 124 valence electrons. The van der Waals surface area contributed by atoms with Gasteiger partial charge in [-0.3, -0.25) is 4.79 Å². The Morgan fingerprint density at radius 1 is 1.08 bits per heavy atom. The summed E-state index contributed by atoms with van der Waals surface area (Å²) in [6.45, 7) is 1.84. The van der Waals surface area contributed by atoms with Crippen LogP contribution in [0.4, 0.5) is 0 Å². The highest BCUT2D eigenvalue weighted by molar-refractivity contribution is 5.72.